The van der Waals surface area contributed by atoms with Crippen LogP contribution in [0.5, 0.6) is 0 Å². The normalized spacial score (nSPS) is 12.0. The maximum Gasteiger partial charge on any atom is 0.0626 e. The fraction of sp³-hybridized carbons (Fsp3) is 0.0111. The molecule has 436 valence electrons. The third-order valence-electron chi connectivity index (χ3n) is 20.1. The van der Waals surface area contributed by atoms with Crippen LogP contribution in [0.1, 0.15) is 7.43 Å². The van der Waals surface area contributed by atoms with Crippen molar-refractivity contribution in [1.29, 1.82) is 0 Å². The summed E-state index contributed by atoms with van der Waals surface area (Å²) in [6.07, 6.45) is 0. The van der Waals surface area contributed by atoms with E-state index in [1.54, 1.807) is 0 Å². The fourth-order valence-corrected chi connectivity index (χ4v) is 16.7. The SMILES string of the molecule is C.Clc1ccc2c(c1)-c1cccc3cccc-2c13.[CH3-].c1cc2c3c(cccc3c1)-c1cc(-n3c4ccccc4c4c5c6ccccc6c6ccccc6c5c5ccccc5c43)ccc1-2.c1ccc2c(c1)[nH]c1c3ccccc3c3c4ccccc4c4ccccc4c3c21. The van der Waals surface area contributed by atoms with Gasteiger partial charge in [0.05, 0.1) is 16.6 Å². The fourth-order valence-electron chi connectivity index (χ4n) is 16.5. The number of H-pyrrole nitrogens is 1. The van der Waals surface area contributed by atoms with Gasteiger partial charge in [-0.05, 0) is 167 Å². The second-order valence-electron chi connectivity index (χ2n) is 24.6. The lowest BCUT2D eigenvalue weighted by Gasteiger charge is -2.16. The Morgan fingerprint density at radius 3 is 1.15 bits per heavy atom. The first-order chi connectivity index (χ1) is 45.1. The molecule has 0 unspecified atom stereocenters. The number of halogens is 1. The Morgan fingerprint density at radius 1 is 0.247 bits per heavy atom. The second-order valence-corrected chi connectivity index (χ2v) is 25.0. The lowest BCUT2D eigenvalue weighted by Crippen LogP contribution is -1.96. The van der Waals surface area contributed by atoms with E-state index in [1.807, 2.05) is 6.07 Å². The maximum atomic E-state index is 6.10. The largest absolute Gasteiger partial charge is 0.358 e. The van der Waals surface area contributed by atoms with Gasteiger partial charge in [-0.3, -0.25) is 0 Å². The monoisotopic (exact) mass is 1200 g/mol. The van der Waals surface area contributed by atoms with Gasteiger partial charge in [-0.25, -0.2) is 0 Å². The number of benzene rings is 18. The first-order valence-electron chi connectivity index (χ1n) is 31.4. The number of hydrogen-bond donors (Lipinski definition) is 1. The van der Waals surface area contributed by atoms with Crippen molar-refractivity contribution >= 4 is 163 Å². The zero-order valence-electron chi connectivity index (χ0n) is 50.2. The van der Waals surface area contributed by atoms with Crippen LogP contribution >= 0.6 is 11.6 Å². The number of rotatable bonds is 1. The molecule has 0 amide bonds. The topological polar surface area (TPSA) is 20.7 Å². The van der Waals surface area contributed by atoms with Crippen molar-refractivity contribution in [2.24, 2.45) is 0 Å². The van der Waals surface area contributed by atoms with Gasteiger partial charge in [0.15, 0.2) is 0 Å². The van der Waals surface area contributed by atoms with Gasteiger partial charge >= 0.3 is 0 Å². The van der Waals surface area contributed by atoms with E-state index < -0.39 is 0 Å². The molecule has 2 aliphatic carbocycles. The summed E-state index contributed by atoms with van der Waals surface area (Å²) in [5, 5.41) is 32.4. The van der Waals surface area contributed by atoms with Crippen LogP contribution in [0.3, 0.4) is 0 Å². The average Bonchev–Trinajstić information content (AvgIpc) is 1.67. The van der Waals surface area contributed by atoms with Crippen molar-refractivity contribution in [3.05, 3.63) is 316 Å². The molecule has 0 saturated carbocycles. The van der Waals surface area contributed by atoms with Crippen LogP contribution in [0.25, 0.3) is 202 Å². The molecule has 0 saturated heterocycles. The van der Waals surface area contributed by atoms with E-state index in [2.05, 4.69) is 307 Å². The molecule has 2 heterocycles. The molecule has 18 aromatic carbocycles. The van der Waals surface area contributed by atoms with Crippen LogP contribution < -0.4 is 0 Å². The van der Waals surface area contributed by atoms with Crippen LogP contribution in [-0.2, 0) is 0 Å². The van der Waals surface area contributed by atoms with Gasteiger partial charge in [0.1, 0.15) is 0 Å². The summed E-state index contributed by atoms with van der Waals surface area (Å²) < 4.78 is 2.53. The van der Waals surface area contributed by atoms with E-state index in [-0.39, 0.29) is 14.9 Å². The molecule has 20 aromatic rings. The summed E-state index contributed by atoms with van der Waals surface area (Å²) in [5.74, 6) is 0. The third-order valence-corrected chi connectivity index (χ3v) is 20.3. The van der Waals surface area contributed by atoms with Gasteiger partial charge in [-0.2, -0.15) is 0 Å². The molecule has 0 aliphatic heterocycles. The predicted molar refractivity (Wildman–Crippen MR) is 405 cm³/mol. The Kier molecular flexibility index (Phi) is 12.1. The maximum absolute atomic E-state index is 6.10. The number of aromatic amines is 1. The molecule has 0 spiro atoms. The highest BCUT2D eigenvalue weighted by Gasteiger charge is 2.27. The summed E-state index contributed by atoms with van der Waals surface area (Å²) in [6, 6.07) is 111. The minimum atomic E-state index is 0. The molecule has 1 N–H and O–H groups in total. The van der Waals surface area contributed by atoms with Crippen LogP contribution in [0.4, 0.5) is 0 Å². The highest BCUT2D eigenvalue weighted by Crippen LogP contribution is 2.53. The van der Waals surface area contributed by atoms with Crippen molar-refractivity contribution in [1.82, 2.24) is 9.55 Å². The van der Waals surface area contributed by atoms with E-state index >= 15 is 0 Å². The van der Waals surface area contributed by atoms with E-state index in [0.29, 0.717) is 0 Å². The number of hydrogen-bond acceptors (Lipinski definition) is 0. The summed E-state index contributed by atoms with van der Waals surface area (Å²) in [4.78, 5) is 3.73. The van der Waals surface area contributed by atoms with Crippen LogP contribution in [-0.4, -0.2) is 9.55 Å². The Bertz CT molecular complexity index is 6590. The molecule has 0 radical (unpaired) electrons. The van der Waals surface area contributed by atoms with Crippen molar-refractivity contribution in [2.45, 2.75) is 7.43 Å². The number of para-hydroxylation sites is 2. The Balaban J connectivity index is 0.000000113. The molecule has 2 aliphatic rings. The highest BCUT2D eigenvalue weighted by atomic mass is 35.5. The van der Waals surface area contributed by atoms with Gasteiger partial charge in [0.25, 0.3) is 0 Å². The molecule has 0 fully saturated rings. The quantitative estimate of drug-likeness (QED) is 0.125. The first kappa shape index (κ1) is 54.4. The first-order valence-corrected chi connectivity index (χ1v) is 31.8. The van der Waals surface area contributed by atoms with Gasteiger partial charge in [-0.1, -0.05) is 286 Å². The van der Waals surface area contributed by atoms with Crippen LogP contribution in [0.2, 0.25) is 5.02 Å². The van der Waals surface area contributed by atoms with E-state index in [0.717, 1.165) is 5.02 Å². The van der Waals surface area contributed by atoms with Gasteiger partial charge in [0, 0.05) is 59.3 Å². The Hall–Kier alpha value is -11.6. The van der Waals surface area contributed by atoms with Gasteiger partial charge < -0.3 is 17.0 Å². The summed E-state index contributed by atoms with van der Waals surface area (Å²) >= 11 is 6.10. The standard InChI is InChI=1S/C44H25N.C28H17N.C16H9Cl.CH4.CH3/c1-3-15-32-28(13-1)29-14-2-4-16-33(29)42-41(32)34-17-5-6-18-36(34)44-43(42)37-19-7-8-22-39(37)45(44)27-23-24-30-31-20-9-11-26-12-10-21-35(40(26)31)38(30)25-27;1-3-11-19-17(9-1)18-10-2-4-12-20(18)26-25(19)21-13-5-6-14-22(21)28-27(26)23-15-7-8-16-24(23)29-28;17-11-7-8-12-13-5-1-3-10-4-2-6-14(16(10)13)15(12)9-11;;/h1-25H;1-16,29H;1-9H;1H4;1H3/q;;;;-1. The smallest absolute Gasteiger partial charge is 0.0626 e. The number of aromatic nitrogens is 2. The average molecular weight is 1200 g/mol. The Morgan fingerprint density at radius 2 is 0.624 bits per heavy atom. The molecule has 0 bridgehead atoms. The molecule has 2 aromatic heterocycles. The van der Waals surface area contributed by atoms with Gasteiger partial charge in [-0.15, -0.1) is 0 Å². The lowest BCUT2D eigenvalue weighted by atomic mass is 9.88. The van der Waals surface area contributed by atoms with E-state index in [9.17, 15) is 0 Å². The molecule has 3 heteroatoms. The van der Waals surface area contributed by atoms with Crippen molar-refractivity contribution in [3.63, 3.8) is 0 Å². The van der Waals surface area contributed by atoms with Crippen molar-refractivity contribution < 1.29 is 0 Å². The van der Waals surface area contributed by atoms with Crippen molar-refractivity contribution in [3.8, 4) is 50.2 Å². The number of nitrogens with zero attached hydrogens (tertiary/aromatic N) is 1. The summed E-state index contributed by atoms with van der Waals surface area (Å²) in [5.41, 5.74) is 16.6. The minimum absolute atomic E-state index is 0. The molecular weight excluding hydrogens is 1140 g/mol. The van der Waals surface area contributed by atoms with Crippen molar-refractivity contribution in [2.75, 3.05) is 0 Å². The van der Waals surface area contributed by atoms with E-state index in [1.165, 1.54) is 202 Å². The number of fused-ring (bicyclic) bond motifs is 32. The number of nitrogens with one attached hydrogen (secondary N) is 1. The highest BCUT2D eigenvalue weighted by molar-refractivity contribution is 6.44. The zero-order chi connectivity index (χ0) is 59.6. The molecule has 2 nitrogen and oxygen atoms in total. The van der Waals surface area contributed by atoms with Gasteiger partial charge in [0.2, 0.25) is 0 Å². The summed E-state index contributed by atoms with van der Waals surface area (Å²) in [7, 11) is 0. The third kappa shape index (κ3) is 7.65. The Labute approximate surface area is 542 Å². The zero-order valence-corrected chi connectivity index (χ0v) is 50.9. The van der Waals surface area contributed by atoms with Crippen LogP contribution in [0, 0.1) is 7.43 Å². The van der Waals surface area contributed by atoms with E-state index in [4.69, 9.17) is 11.6 Å². The molecule has 93 heavy (non-hydrogen) atoms. The second kappa shape index (κ2) is 20.7. The predicted octanol–water partition coefficient (Wildman–Crippen LogP) is 26.4. The van der Waals surface area contributed by atoms with Crippen LogP contribution in [0.15, 0.2) is 303 Å². The molecule has 22 rings (SSSR count). The minimum Gasteiger partial charge on any atom is -0.358 e. The lowest BCUT2D eigenvalue weighted by molar-refractivity contribution is 1.19. The summed E-state index contributed by atoms with van der Waals surface area (Å²) in [6.45, 7) is 0. The molecule has 0 atom stereocenters. The molecular formula is C90H58ClN2-.